The van der Waals surface area contributed by atoms with Crippen molar-refractivity contribution in [3.8, 4) is 0 Å². The van der Waals surface area contributed by atoms with Crippen LogP contribution in [0.3, 0.4) is 0 Å². The Balaban J connectivity index is 2.53. The summed E-state index contributed by atoms with van der Waals surface area (Å²) in [7, 11) is 3.09. The molecule has 0 fully saturated rings. The van der Waals surface area contributed by atoms with E-state index in [0.717, 1.165) is 5.69 Å². The zero-order chi connectivity index (χ0) is 13.3. The Morgan fingerprint density at radius 2 is 2.11 bits per heavy atom. The number of aromatic nitrogens is 3. The van der Waals surface area contributed by atoms with Crippen molar-refractivity contribution >= 4 is 21.4 Å². The van der Waals surface area contributed by atoms with Gasteiger partial charge < -0.3 is 14.0 Å². The quantitative estimate of drug-likeness (QED) is 0.795. The van der Waals surface area contributed by atoms with E-state index in [1.807, 2.05) is 6.92 Å². The lowest BCUT2D eigenvalue weighted by molar-refractivity contribution is -0.111. The van der Waals surface area contributed by atoms with Crippen molar-refractivity contribution in [1.82, 2.24) is 14.2 Å². The van der Waals surface area contributed by atoms with E-state index in [1.54, 1.807) is 35.6 Å². The van der Waals surface area contributed by atoms with Crippen LogP contribution in [-0.2, 0) is 16.0 Å². The summed E-state index contributed by atoms with van der Waals surface area (Å²) in [6, 6.07) is 1.69. The standard InChI is InChI=1S/C11H14BrN3O3/c1-7-5-15-8(4-9(12)13-15)11(16)14(7)6-10(17-2)18-3/h4-5,10H,6H2,1-3H3. The van der Waals surface area contributed by atoms with Crippen LogP contribution in [0.15, 0.2) is 21.7 Å². The highest BCUT2D eigenvalue weighted by molar-refractivity contribution is 9.10. The highest BCUT2D eigenvalue weighted by atomic mass is 79.9. The smallest absolute Gasteiger partial charge is 0.276 e. The third-order valence-electron chi connectivity index (χ3n) is 2.76. The third kappa shape index (κ3) is 2.33. The molecule has 0 saturated carbocycles. The normalized spacial score (nSPS) is 11.6. The van der Waals surface area contributed by atoms with Gasteiger partial charge in [-0.05, 0) is 22.9 Å². The Morgan fingerprint density at radius 3 is 2.72 bits per heavy atom. The summed E-state index contributed by atoms with van der Waals surface area (Å²) in [5, 5.41) is 4.15. The van der Waals surface area contributed by atoms with Crippen LogP contribution < -0.4 is 5.56 Å². The van der Waals surface area contributed by atoms with Gasteiger partial charge in [0, 0.05) is 32.2 Å². The van der Waals surface area contributed by atoms with Crippen LogP contribution in [0.2, 0.25) is 0 Å². The highest BCUT2D eigenvalue weighted by Crippen LogP contribution is 2.10. The number of hydrogen-bond acceptors (Lipinski definition) is 4. The van der Waals surface area contributed by atoms with Crippen molar-refractivity contribution in [3.05, 3.63) is 32.9 Å². The van der Waals surface area contributed by atoms with E-state index in [1.165, 1.54) is 0 Å². The molecule has 7 heteroatoms. The summed E-state index contributed by atoms with van der Waals surface area (Å²) in [5.74, 6) is 0. The molecule has 0 N–H and O–H groups in total. The zero-order valence-electron chi connectivity index (χ0n) is 10.4. The van der Waals surface area contributed by atoms with Crippen molar-refractivity contribution < 1.29 is 9.47 Å². The fourth-order valence-electron chi connectivity index (χ4n) is 1.79. The van der Waals surface area contributed by atoms with Gasteiger partial charge in [0.05, 0.1) is 6.54 Å². The summed E-state index contributed by atoms with van der Waals surface area (Å²) in [5.41, 5.74) is 1.19. The maximum Gasteiger partial charge on any atom is 0.276 e. The van der Waals surface area contributed by atoms with Crippen LogP contribution in [0.4, 0.5) is 0 Å². The predicted octanol–water partition coefficient (Wildman–Crippen LogP) is 1.19. The predicted molar refractivity (Wildman–Crippen MR) is 69.7 cm³/mol. The largest absolute Gasteiger partial charge is 0.354 e. The number of methoxy groups -OCH3 is 2. The molecule has 0 radical (unpaired) electrons. The molecule has 0 aliphatic rings. The van der Waals surface area contributed by atoms with E-state index in [4.69, 9.17) is 9.47 Å². The first kappa shape index (κ1) is 13.3. The minimum Gasteiger partial charge on any atom is -0.354 e. The van der Waals surface area contributed by atoms with E-state index in [0.29, 0.717) is 16.7 Å². The second kappa shape index (κ2) is 5.21. The molecular weight excluding hydrogens is 302 g/mol. The molecule has 0 spiro atoms. The number of ether oxygens (including phenoxy) is 2. The van der Waals surface area contributed by atoms with Crippen LogP contribution in [-0.4, -0.2) is 34.7 Å². The summed E-state index contributed by atoms with van der Waals surface area (Å²) >= 11 is 3.26. The first-order chi connectivity index (χ1) is 8.56. The van der Waals surface area contributed by atoms with Crippen LogP contribution in [0.5, 0.6) is 0 Å². The number of rotatable bonds is 4. The fraction of sp³-hybridized carbons (Fsp3) is 0.455. The molecule has 2 aromatic rings. The zero-order valence-corrected chi connectivity index (χ0v) is 12.0. The van der Waals surface area contributed by atoms with Gasteiger partial charge in [0.15, 0.2) is 6.29 Å². The van der Waals surface area contributed by atoms with Crippen molar-refractivity contribution in [2.45, 2.75) is 19.8 Å². The molecule has 0 aliphatic heterocycles. The highest BCUT2D eigenvalue weighted by Gasteiger charge is 2.13. The number of halogens is 1. The Labute approximate surface area is 112 Å². The van der Waals surface area contributed by atoms with E-state index in [2.05, 4.69) is 21.0 Å². The van der Waals surface area contributed by atoms with Gasteiger partial charge in [-0.1, -0.05) is 0 Å². The summed E-state index contributed by atoms with van der Waals surface area (Å²) < 4.78 is 14.0. The van der Waals surface area contributed by atoms with E-state index in [9.17, 15) is 4.79 Å². The SMILES string of the molecule is COC(Cn1c(C)cn2nc(Br)cc2c1=O)OC. The van der Waals surface area contributed by atoms with Gasteiger partial charge in [0.2, 0.25) is 0 Å². The number of aryl methyl sites for hydroxylation is 1. The van der Waals surface area contributed by atoms with Gasteiger partial charge >= 0.3 is 0 Å². The van der Waals surface area contributed by atoms with Gasteiger partial charge in [0.25, 0.3) is 5.56 Å². The summed E-state index contributed by atoms with van der Waals surface area (Å²) in [6.45, 7) is 2.19. The Morgan fingerprint density at radius 1 is 1.44 bits per heavy atom. The lowest BCUT2D eigenvalue weighted by atomic mass is 10.4. The molecule has 0 unspecified atom stereocenters. The monoisotopic (exact) mass is 315 g/mol. The van der Waals surface area contributed by atoms with E-state index >= 15 is 0 Å². The second-order valence-electron chi connectivity index (χ2n) is 3.88. The molecule has 2 aromatic heterocycles. The van der Waals surface area contributed by atoms with E-state index in [-0.39, 0.29) is 5.56 Å². The number of fused-ring (bicyclic) bond motifs is 1. The number of hydrogen-bond donors (Lipinski definition) is 0. The molecule has 2 rings (SSSR count). The Kier molecular flexibility index (Phi) is 3.84. The molecule has 0 amide bonds. The van der Waals surface area contributed by atoms with Crippen molar-refractivity contribution in [1.29, 1.82) is 0 Å². The van der Waals surface area contributed by atoms with Crippen molar-refractivity contribution in [3.63, 3.8) is 0 Å². The van der Waals surface area contributed by atoms with Gasteiger partial charge in [-0.2, -0.15) is 5.10 Å². The molecule has 18 heavy (non-hydrogen) atoms. The topological polar surface area (TPSA) is 57.8 Å². The van der Waals surface area contributed by atoms with Crippen LogP contribution in [0.1, 0.15) is 5.69 Å². The van der Waals surface area contributed by atoms with Crippen molar-refractivity contribution in [2.24, 2.45) is 0 Å². The first-order valence-corrected chi connectivity index (χ1v) is 6.17. The summed E-state index contributed by atoms with van der Waals surface area (Å²) in [4.78, 5) is 12.3. The Hall–Kier alpha value is -1.18. The average Bonchev–Trinajstić information content (AvgIpc) is 2.70. The van der Waals surface area contributed by atoms with Gasteiger partial charge in [-0.3, -0.25) is 4.79 Å². The number of nitrogens with zero attached hydrogens (tertiary/aromatic N) is 3. The van der Waals surface area contributed by atoms with E-state index < -0.39 is 6.29 Å². The van der Waals surface area contributed by atoms with Gasteiger partial charge in [-0.15, -0.1) is 0 Å². The van der Waals surface area contributed by atoms with Crippen LogP contribution >= 0.6 is 15.9 Å². The molecule has 0 atom stereocenters. The molecule has 0 saturated heterocycles. The first-order valence-electron chi connectivity index (χ1n) is 5.37. The fourth-order valence-corrected chi connectivity index (χ4v) is 2.18. The summed E-state index contributed by atoms with van der Waals surface area (Å²) in [6.07, 6.45) is 1.35. The third-order valence-corrected chi connectivity index (χ3v) is 3.15. The molecule has 0 aliphatic carbocycles. The molecule has 6 nitrogen and oxygen atoms in total. The van der Waals surface area contributed by atoms with Crippen molar-refractivity contribution in [2.75, 3.05) is 14.2 Å². The maximum atomic E-state index is 12.3. The Bertz CT molecular complexity index is 616. The average molecular weight is 316 g/mol. The lowest BCUT2D eigenvalue weighted by Crippen LogP contribution is -2.31. The molecule has 2 heterocycles. The second-order valence-corrected chi connectivity index (χ2v) is 4.70. The van der Waals surface area contributed by atoms with Gasteiger partial charge in [-0.25, -0.2) is 4.52 Å². The molecular formula is C11H14BrN3O3. The lowest BCUT2D eigenvalue weighted by Gasteiger charge is -2.17. The molecule has 0 bridgehead atoms. The minimum atomic E-state index is -0.449. The minimum absolute atomic E-state index is 0.118. The maximum absolute atomic E-state index is 12.3. The molecule has 98 valence electrons. The van der Waals surface area contributed by atoms with Gasteiger partial charge in [0.1, 0.15) is 10.1 Å². The molecule has 0 aromatic carbocycles. The van der Waals surface area contributed by atoms with Crippen LogP contribution in [0, 0.1) is 6.92 Å². The van der Waals surface area contributed by atoms with Crippen LogP contribution in [0.25, 0.3) is 5.52 Å².